The van der Waals surface area contributed by atoms with E-state index in [-0.39, 0.29) is 12.2 Å². The fourth-order valence-electron chi connectivity index (χ4n) is 3.07. The van der Waals surface area contributed by atoms with Crippen molar-refractivity contribution in [1.29, 1.82) is 0 Å². The summed E-state index contributed by atoms with van der Waals surface area (Å²) in [6.07, 6.45) is 0. The minimum absolute atomic E-state index is 0.238. The summed E-state index contributed by atoms with van der Waals surface area (Å²) in [7, 11) is 0. The Labute approximate surface area is 156 Å². The number of aromatic nitrogens is 2. The van der Waals surface area contributed by atoms with Crippen LogP contribution in [0.5, 0.6) is 0 Å². The average molecular weight is 384 g/mol. The molecule has 27 heavy (non-hydrogen) atoms. The van der Waals surface area contributed by atoms with Crippen LogP contribution in [0.25, 0.3) is 15.9 Å². The lowest BCUT2D eigenvalue weighted by Crippen LogP contribution is -2.39. The van der Waals surface area contributed by atoms with Gasteiger partial charge < -0.3 is 0 Å². The number of thiophene rings is 1. The van der Waals surface area contributed by atoms with Gasteiger partial charge in [-0.3, -0.25) is 9.36 Å². The molecule has 4 rings (SSSR count). The van der Waals surface area contributed by atoms with Gasteiger partial charge >= 0.3 is 5.69 Å². The molecule has 4 nitrogen and oxygen atoms in total. The average Bonchev–Trinajstić information content (AvgIpc) is 3.12. The molecule has 0 spiro atoms. The van der Waals surface area contributed by atoms with E-state index in [1.165, 1.54) is 15.9 Å². The number of nitrogens with zero attached hydrogens (tertiary/aromatic N) is 2. The summed E-state index contributed by atoms with van der Waals surface area (Å²) in [6.45, 7) is 2.17. The van der Waals surface area contributed by atoms with Crippen molar-refractivity contribution in [2.45, 2.75) is 13.5 Å². The molecule has 0 saturated heterocycles. The highest BCUT2D eigenvalue weighted by Gasteiger charge is 2.18. The van der Waals surface area contributed by atoms with E-state index in [1.807, 2.05) is 31.2 Å². The summed E-state index contributed by atoms with van der Waals surface area (Å²) in [5.41, 5.74) is 0.865. The number of hydrogen-bond acceptors (Lipinski definition) is 3. The van der Waals surface area contributed by atoms with E-state index in [9.17, 15) is 18.4 Å². The normalized spacial score (nSPS) is 11.2. The zero-order valence-corrected chi connectivity index (χ0v) is 15.1. The number of halogens is 2. The van der Waals surface area contributed by atoms with Crippen LogP contribution in [-0.2, 0) is 6.54 Å². The topological polar surface area (TPSA) is 44.0 Å². The molecule has 0 aliphatic rings. The Morgan fingerprint density at radius 2 is 1.81 bits per heavy atom. The molecule has 2 heterocycles. The molecule has 0 aliphatic heterocycles. The van der Waals surface area contributed by atoms with Crippen molar-refractivity contribution in [3.63, 3.8) is 0 Å². The maximum Gasteiger partial charge on any atom is 0.336 e. The van der Waals surface area contributed by atoms with E-state index in [0.717, 1.165) is 27.8 Å². The van der Waals surface area contributed by atoms with Crippen molar-refractivity contribution in [2.24, 2.45) is 0 Å². The van der Waals surface area contributed by atoms with E-state index < -0.39 is 22.9 Å². The van der Waals surface area contributed by atoms with Gasteiger partial charge in [0.1, 0.15) is 16.3 Å². The molecule has 136 valence electrons. The Morgan fingerprint density at radius 3 is 2.56 bits per heavy atom. The number of benzene rings is 2. The van der Waals surface area contributed by atoms with Crippen molar-refractivity contribution in [2.75, 3.05) is 0 Å². The molecule has 0 fully saturated rings. The maximum absolute atomic E-state index is 14.3. The van der Waals surface area contributed by atoms with Crippen LogP contribution in [0.15, 0.2) is 63.5 Å². The van der Waals surface area contributed by atoms with Crippen LogP contribution in [0.2, 0.25) is 0 Å². The summed E-state index contributed by atoms with van der Waals surface area (Å²) in [4.78, 5) is 25.9. The first-order valence-corrected chi connectivity index (χ1v) is 9.08. The first-order chi connectivity index (χ1) is 13.0. The molecule has 4 aromatic rings. The summed E-state index contributed by atoms with van der Waals surface area (Å²) in [5, 5.41) is 1.71. The first kappa shape index (κ1) is 17.4. The van der Waals surface area contributed by atoms with Crippen LogP contribution in [0.3, 0.4) is 0 Å². The molecular formula is C20H14F2N2O2S. The fourth-order valence-corrected chi connectivity index (χ4v) is 3.90. The predicted molar refractivity (Wildman–Crippen MR) is 102 cm³/mol. The van der Waals surface area contributed by atoms with Crippen LogP contribution in [0, 0.1) is 18.6 Å². The molecule has 7 heteroatoms. The number of aryl methyl sites for hydroxylation is 1. The number of rotatable bonds is 3. The molecule has 0 amide bonds. The summed E-state index contributed by atoms with van der Waals surface area (Å²) < 4.78 is 30.1. The molecule has 2 aromatic carbocycles. The zero-order valence-electron chi connectivity index (χ0n) is 14.3. The maximum atomic E-state index is 14.3. The lowest BCUT2D eigenvalue weighted by Gasteiger charge is -2.14. The van der Waals surface area contributed by atoms with Crippen LogP contribution >= 0.6 is 11.3 Å². The van der Waals surface area contributed by atoms with Gasteiger partial charge in [0.25, 0.3) is 5.56 Å². The Morgan fingerprint density at radius 1 is 1.04 bits per heavy atom. The summed E-state index contributed by atoms with van der Waals surface area (Å²) in [6, 6.07) is 12.1. The van der Waals surface area contributed by atoms with Gasteiger partial charge in [-0.15, -0.1) is 11.3 Å². The van der Waals surface area contributed by atoms with E-state index in [2.05, 4.69) is 0 Å². The molecule has 0 unspecified atom stereocenters. The summed E-state index contributed by atoms with van der Waals surface area (Å²) in [5.74, 6) is -1.74. The Kier molecular flexibility index (Phi) is 4.24. The van der Waals surface area contributed by atoms with Crippen molar-refractivity contribution < 1.29 is 8.78 Å². The zero-order chi connectivity index (χ0) is 19.1. The van der Waals surface area contributed by atoms with Crippen molar-refractivity contribution in [1.82, 2.24) is 9.13 Å². The van der Waals surface area contributed by atoms with Gasteiger partial charge in [0.2, 0.25) is 0 Å². The second-order valence-corrected chi connectivity index (χ2v) is 7.08. The Bertz CT molecular complexity index is 1290. The molecule has 0 N–H and O–H groups in total. The smallest absolute Gasteiger partial charge is 0.288 e. The minimum Gasteiger partial charge on any atom is -0.288 e. The van der Waals surface area contributed by atoms with Gasteiger partial charge in [-0.05, 0) is 41.6 Å². The van der Waals surface area contributed by atoms with Crippen LogP contribution < -0.4 is 11.2 Å². The highest BCUT2D eigenvalue weighted by molar-refractivity contribution is 7.17. The lowest BCUT2D eigenvalue weighted by molar-refractivity contribution is 0.572. The molecule has 2 aromatic heterocycles. The van der Waals surface area contributed by atoms with E-state index >= 15 is 0 Å². The minimum atomic E-state index is -0.965. The Balaban J connectivity index is 2.03. The van der Waals surface area contributed by atoms with Crippen LogP contribution in [0.1, 0.15) is 11.1 Å². The second-order valence-electron chi connectivity index (χ2n) is 6.17. The highest BCUT2D eigenvalue weighted by Crippen LogP contribution is 2.19. The van der Waals surface area contributed by atoms with Gasteiger partial charge in [0.15, 0.2) is 0 Å². The third-order valence-electron chi connectivity index (χ3n) is 4.50. The lowest BCUT2D eigenvalue weighted by atomic mass is 10.1. The van der Waals surface area contributed by atoms with E-state index in [1.54, 1.807) is 11.4 Å². The predicted octanol–water partition coefficient (Wildman–Crippen LogP) is 3.85. The monoisotopic (exact) mass is 384 g/mol. The largest absolute Gasteiger partial charge is 0.336 e. The van der Waals surface area contributed by atoms with E-state index in [4.69, 9.17) is 0 Å². The van der Waals surface area contributed by atoms with Gasteiger partial charge in [-0.25, -0.2) is 18.1 Å². The first-order valence-electron chi connectivity index (χ1n) is 8.20. The molecule has 0 atom stereocenters. The molecule has 0 bridgehead atoms. The molecule has 0 aliphatic carbocycles. The molecule has 0 saturated carbocycles. The standard InChI is InChI=1S/C20H14F2N2O2S/c1-12-4-2-3-5-13(12)11-23-17-8-9-27-18(17)19(25)24(20(23)26)16-7-6-14(21)10-15(16)22/h2-10H,11H2,1H3. The number of hydrogen-bond donors (Lipinski definition) is 0. The third kappa shape index (κ3) is 2.90. The highest BCUT2D eigenvalue weighted by atomic mass is 32.1. The van der Waals surface area contributed by atoms with Crippen molar-refractivity contribution >= 4 is 21.6 Å². The van der Waals surface area contributed by atoms with E-state index in [0.29, 0.717) is 16.3 Å². The van der Waals surface area contributed by atoms with Crippen LogP contribution in [0.4, 0.5) is 8.78 Å². The van der Waals surface area contributed by atoms with Crippen molar-refractivity contribution in [3.8, 4) is 5.69 Å². The second kappa shape index (κ2) is 6.59. The van der Waals surface area contributed by atoms with Gasteiger partial charge in [0.05, 0.1) is 17.7 Å². The van der Waals surface area contributed by atoms with Gasteiger partial charge in [0, 0.05) is 6.07 Å². The quantitative estimate of drug-likeness (QED) is 0.539. The molecular weight excluding hydrogens is 370 g/mol. The van der Waals surface area contributed by atoms with Gasteiger partial charge in [-0.2, -0.15) is 0 Å². The van der Waals surface area contributed by atoms with Crippen LogP contribution in [-0.4, -0.2) is 9.13 Å². The molecule has 0 radical (unpaired) electrons. The number of fused-ring (bicyclic) bond motifs is 1. The third-order valence-corrected chi connectivity index (χ3v) is 5.39. The fraction of sp³-hybridized carbons (Fsp3) is 0.100. The SMILES string of the molecule is Cc1ccccc1Cn1c(=O)n(-c2ccc(F)cc2F)c(=O)c2sccc21. The summed E-state index contributed by atoms with van der Waals surface area (Å²) >= 11 is 1.18. The Hall–Kier alpha value is -3.06. The van der Waals surface area contributed by atoms with Crippen molar-refractivity contribution in [3.05, 3.63) is 97.5 Å². The van der Waals surface area contributed by atoms with Gasteiger partial charge in [-0.1, -0.05) is 24.3 Å².